The summed E-state index contributed by atoms with van der Waals surface area (Å²) in [4.78, 5) is 34.4. The van der Waals surface area contributed by atoms with Crippen LogP contribution in [0.3, 0.4) is 0 Å². The number of carbonyl (C=O) groups excluding carboxylic acids is 1. The summed E-state index contributed by atoms with van der Waals surface area (Å²) in [5.41, 5.74) is 0.483. The Balaban J connectivity index is 1.84. The number of nitrogens with zero attached hydrogens (tertiary/aromatic N) is 3. The summed E-state index contributed by atoms with van der Waals surface area (Å²) in [6.07, 6.45) is 0. The SMILES string of the molecule is CN(C)S(=O)(=O)c1ccc2c(c1)oc(=O)n2CC(=O)Nc1ccc([N+](=O)[O-])cc1. The van der Waals surface area contributed by atoms with Gasteiger partial charge in [0.25, 0.3) is 5.69 Å². The molecule has 0 radical (unpaired) electrons. The Morgan fingerprint density at radius 3 is 2.45 bits per heavy atom. The lowest BCUT2D eigenvalue weighted by Gasteiger charge is -2.11. The molecule has 0 saturated carbocycles. The summed E-state index contributed by atoms with van der Waals surface area (Å²) < 4.78 is 31.6. The molecule has 1 amide bonds. The largest absolute Gasteiger partial charge is 0.420 e. The number of sulfonamides is 1. The maximum absolute atomic E-state index is 12.3. The first-order valence-corrected chi connectivity index (χ1v) is 9.64. The summed E-state index contributed by atoms with van der Waals surface area (Å²) in [5, 5.41) is 13.2. The second-order valence-corrected chi connectivity index (χ2v) is 8.38. The topological polar surface area (TPSA) is 145 Å². The third kappa shape index (κ3) is 4.02. The number of nitrogens with one attached hydrogen (secondary N) is 1. The molecule has 1 aromatic heterocycles. The van der Waals surface area contributed by atoms with Gasteiger partial charge in [-0.05, 0) is 24.3 Å². The monoisotopic (exact) mass is 420 g/mol. The average Bonchev–Trinajstić information content (AvgIpc) is 2.96. The zero-order valence-electron chi connectivity index (χ0n) is 15.4. The van der Waals surface area contributed by atoms with Crippen molar-refractivity contribution in [1.29, 1.82) is 0 Å². The minimum absolute atomic E-state index is 0.0288. The van der Waals surface area contributed by atoms with Crippen LogP contribution >= 0.6 is 0 Å². The molecule has 0 aliphatic rings. The van der Waals surface area contributed by atoms with Gasteiger partial charge in [-0.15, -0.1) is 0 Å². The van der Waals surface area contributed by atoms with Crippen LogP contribution in [0.25, 0.3) is 11.1 Å². The summed E-state index contributed by atoms with van der Waals surface area (Å²) >= 11 is 0. The van der Waals surface area contributed by atoms with Crippen molar-refractivity contribution in [2.75, 3.05) is 19.4 Å². The van der Waals surface area contributed by atoms with Crippen molar-refractivity contribution in [3.8, 4) is 0 Å². The van der Waals surface area contributed by atoms with Gasteiger partial charge in [0.05, 0.1) is 15.3 Å². The van der Waals surface area contributed by atoms with Crippen LogP contribution < -0.4 is 11.1 Å². The number of rotatable bonds is 6. The summed E-state index contributed by atoms with van der Waals surface area (Å²) in [6, 6.07) is 9.13. The third-order valence-corrected chi connectivity index (χ3v) is 5.89. The third-order valence-electron chi connectivity index (χ3n) is 4.08. The molecule has 0 aliphatic heterocycles. The minimum atomic E-state index is -3.71. The van der Waals surface area contributed by atoms with E-state index in [9.17, 15) is 28.1 Å². The van der Waals surface area contributed by atoms with Gasteiger partial charge >= 0.3 is 5.76 Å². The molecule has 0 spiro atoms. The van der Waals surface area contributed by atoms with E-state index in [1.54, 1.807) is 0 Å². The Morgan fingerprint density at radius 2 is 1.86 bits per heavy atom. The molecule has 0 bridgehead atoms. The normalized spacial score (nSPS) is 11.7. The van der Waals surface area contributed by atoms with Gasteiger partial charge < -0.3 is 9.73 Å². The van der Waals surface area contributed by atoms with Crippen LogP contribution in [0, 0.1) is 10.1 Å². The Hall–Kier alpha value is -3.51. The molecule has 1 N–H and O–H groups in total. The number of nitro groups is 1. The first-order valence-electron chi connectivity index (χ1n) is 8.20. The van der Waals surface area contributed by atoms with Gasteiger partial charge in [0, 0.05) is 38.0 Å². The number of carbonyl (C=O) groups is 1. The van der Waals surface area contributed by atoms with E-state index in [0.717, 1.165) is 8.87 Å². The highest BCUT2D eigenvalue weighted by molar-refractivity contribution is 7.89. The molecule has 11 nitrogen and oxygen atoms in total. The van der Waals surface area contributed by atoms with Crippen molar-refractivity contribution in [2.45, 2.75) is 11.4 Å². The van der Waals surface area contributed by atoms with Gasteiger partial charge in [-0.2, -0.15) is 0 Å². The van der Waals surface area contributed by atoms with E-state index >= 15 is 0 Å². The molecule has 0 atom stereocenters. The number of nitro benzene ring substituents is 1. The molecule has 29 heavy (non-hydrogen) atoms. The number of aromatic nitrogens is 1. The van der Waals surface area contributed by atoms with Crippen molar-refractivity contribution >= 4 is 38.4 Å². The molecule has 1 heterocycles. The first-order chi connectivity index (χ1) is 13.6. The number of fused-ring (bicyclic) bond motifs is 1. The predicted octanol–water partition coefficient (Wildman–Crippen LogP) is 1.39. The zero-order chi connectivity index (χ0) is 21.3. The van der Waals surface area contributed by atoms with Crippen molar-refractivity contribution in [2.24, 2.45) is 0 Å². The number of hydrogen-bond donors (Lipinski definition) is 1. The molecular weight excluding hydrogens is 404 g/mol. The number of amides is 1. The van der Waals surface area contributed by atoms with Crippen LogP contribution in [-0.4, -0.2) is 42.2 Å². The lowest BCUT2D eigenvalue weighted by atomic mass is 10.3. The van der Waals surface area contributed by atoms with Crippen molar-refractivity contribution in [3.63, 3.8) is 0 Å². The molecule has 3 rings (SSSR count). The van der Waals surface area contributed by atoms with Gasteiger partial charge in [0.2, 0.25) is 15.9 Å². The molecule has 152 valence electrons. The molecular formula is C17H16N4O7S. The van der Waals surface area contributed by atoms with Crippen LogP contribution in [0.5, 0.6) is 0 Å². The summed E-state index contributed by atoms with van der Waals surface area (Å²) in [7, 11) is -0.954. The fraction of sp³-hybridized carbons (Fsp3) is 0.176. The van der Waals surface area contributed by atoms with Gasteiger partial charge in [-0.25, -0.2) is 17.5 Å². The molecule has 3 aromatic rings. The Labute approximate surface area is 164 Å². The summed E-state index contributed by atoms with van der Waals surface area (Å²) in [6.45, 7) is -0.386. The predicted molar refractivity (Wildman–Crippen MR) is 103 cm³/mol. The fourth-order valence-corrected chi connectivity index (χ4v) is 3.50. The lowest BCUT2D eigenvalue weighted by molar-refractivity contribution is -0.384. The van der Waals surface area contributed by atoms with Crippen LogP contribution in [0.2, 0.25) is 0 Å². The second-order valence-electron chi connectivity index (χ2n) is 6.22. The maximum Gasteiger partial charge on any atom is 0.420 e. The molecule has 0 fully saturated rings. The zero-order valence-corrected chi connectivity index (χ0v) is 16.2. The highest BCUT2D eigenvalue weighted by Crippen LogP contribution is 2.21. The Morgan fingerprint density at radius 1 is 1.21 bits per heavy atom. The minimum Gasteiger partial charge on any atom is -0.408 e. The highest BCUT2D eigenvalue weighted by Gasteiger charge is 2.20. The Kier molecular flexibility index (Phi) is 5.22. The van der Waals surface area contributed by atoms with E-state index in [2.05, 4.69) is 5.32 Å². The number of non-ortho nitro benzene ring substituents is 1. The first kappa shape index (κ1) is 20.2. The van der Waals surface area contributed by atoms with Gasteiger partial charge in [-0.3, -0.25) is 19.5 Å². The summed E-state index contributed by atoms with van der Waals surface area (Å²) in [5.74, 6) is -1.38. The Bertz CT molecular complexity index is 1260. The number of oxazole rings is 1. The second kappa shape index (κ2) is 7.48. The average molecular weight is 420 g/mol. The fourth-order valence-electron chi connectivity index (χ4n) is 2.58. The standard InChI is InChI=1S/C17H16N4O7S/c1-19(2)29(26,27)13-7-8-14-15(9-13)28-17(23)20(14)10-16(22)18-11-3-5-12(6-4-11)21(24)25/h3-9H,10H2,1-2H3,(H,18,22). The van der Waals surface area contributed by atoms with Crippen LogP contribution in [0.4, 0.5) is 11.4 Å². The van der Waals surface area contributed by atoms with E-state index in [-0.39, 0.29) is 28.2 Å². The molecule has 2 aromatic carbocycles. The van der Waals surface area contributed by atoms with Gasteiger partial charge in [-0.1, -0.05) is 0 Å². The smallest absolute Gasteiger partial charge is 0.408 e. The molecule has 0 saturated heterocycles. The van der Waals surface area contributed by atoms with E-state index in [0.29, 0.717) is 5.69 Å². The number of anilines is 1. The van der Waals surface area contributed by atoms with Crippen LogP contribution in [0.1, 0.15) is 0 Å². The van der Waals surface area contributed by atoms with Crippen LogP contribution in [0.15, 0.2) is 56.6 Å². The lowest BCUT2D eigenvalue weighted by Crippen LogP contribution is -2.24. The van der Waals surface area contributed by atoms with Crippen molar-refractivity contribution < 1.29 is 22.6 Å². The molecule has 0 aliphatic carbocycles. The number of hydrogen-bond acceptors (Lipinski definition) is 7. The van der Waals surface area contributed by atoms with Crippen molar-refractivity contribution in [1.82, 2.24) is 8.87 Å². The van der Waals surface area contributed by atoms with E-state index in [4.69, 9.17) is 4.42 Å². The van der Waals surface area contributed by atoms with E-state index in [1.807, 2.05) is 0 Å². The van der Waals surface area contributed by atoms with E-state index in [1.165, 1.54) is 56.6 Å². The van der Waals surface area contributed by atoms with E-state index < -0.39 is 26.6 Å². The van der Waals surface area contributed by atoms with Crippen LogP contribution in [-0.2, 0) is 21.4 Å². The van der Waals surface area contributed by atoms with Gasteiger partial charge in [0.1, 0.15) is 6.54 Å². The highest BCUT2D eigenvalue weighted by atomic mass is 32.2. The maximum atomic E-state index is 12.3. The molecule has 0 unspecified atom stereocenters. The molecule has 12 heteroatoms. The van der Waals surface area contributed by atoms with Gasteiger partial charge in [0.15, 0.2) is 5.58 Å². The van der Waals surface area contributed by atoms with Crippen molar-refractivity contribution in [3.05, 3.63) is 63.1 Å². The quantitative estimate of drug-likeness (QED) is 0.468. The number of benzene rings is 2.